The maximum Gasteiger partial charge on any atom is 0.271 e. The molecule has 0 saturated carbocycles. The summed E-state index contributed by atoms with van der Waals surface area (Å²) in [4.78, 5) is 24.2. The fourth-order valence-electron chi connectivity index (χ4n) is 2.69. The lowest BCUT2D eigenvalue weighted by molar-refractivity contribution is -0.115. The largest absolute Gasteiger partial charge is 0.508 e. The maximum atomic E-state index is 12.2. The second kappa shape index (κ2) is 8.29. The third-order valence-electron chi connectivity index (χ3n) is 3.81. The summed E-state index contributed by atoms with van der Waals surface area (Å²) >= 11 is 0. The third kappa shape index (κ3) is 5.17. The van der Waals surface area contributed by atoms with E-state index in [0.29, 0.717) is 5.71 Å². The molecule has 0 fully saturated rings. The van der Waals surface area contributed by atoms with Crippen molar-refractivity contribution in [3.63, 3.8) is 0 Å². The van der Waals surface area contributed by atoms with E-state index in [2.05, 4.69) is 15.8 Å². The second-order valence-corrected chi connectivity index (χ2v) is 6.34. The molecule has 0 bridgehead atoms. The highest BCUT2D eigenvalue weighted by Gasteiger charge is 2.10. The van der Waals surface area contributed by atoms with Gasteiger partial charge in [-0.25, -0.2) is 5.43 Å². The van der Waals surface area contributed by atoms with Crippen molar-refractivity contribution in [1.29, 1.82) is 0 Å². The fourth-order valence-corrected chi connectivity index (χ4v) is 2.69. The first-order chi connectivity index (χ1) is 12.3. The van der Waals surface area contributed by atoms with E-state index in [9.17, 15) is 14.7 Å². The molecular formula is C20H23N3O3. The maximum absolute atomic E-state index is 12.2. The average Bonchev–Trinajstić information content (AvgIpc) is 2.56. The van der Waals surface area contributed by atoms with E-state index >= 15 is 0 Å². The summed E-state index contributed by atoms with van der Waals surface area (Å²) in [5.41, 5.74) is 7.09. The van der Waals surface area contributed by atoms with Crippen molar-refractivity contribution in [3.05, 3.63) is 58.7 Å². The molecule has 0 spiro atoms. The molecule has 26 heavy (non-hydrogen) atoms. The highest BCUT2D eigenvalue weighted by atomic mass is 16.3. The Bertz CT molecular complexity index is 849. The van der Waals surface area contributed by atoms with Crippen LogP contribution in [0.25, 0.3) is 0 Å². The molecule has 0 aliphatic heterocycles. The Morgan fingerprint density at radius 1 is 1.08 bits per heavy atom. The predicted molar refractivity (Wildman–Crippen MR) is 103 cm³/mol. The number of phenols is 1. The van der Waals surface area contributed by atoms with Crippen LogP contribution in [0.15, 0.2) is 41.5 Å². The number of phenolic OH excluding ortho intramolecular Hbond substituents is 1. The first kappa shape index (κ1) is 19.2. The van der Waals surface area contributed by atoms with Gasteiger partial charge in [-0.1, -0.05) is 23.8 Å². The summed E-state index contributed by atoms with van der Waals surface area (Å²) in [7, 11) is 0. The lowest BCUT2D eigenvalue weighted by Crippen LogP contribution is -2.21. The molecular weight excluding hydrogens is 330 g/mol. The molecule has 0 aliphatic rings. The molecule has 2 amide bonds. The predicted octanol–water partition coefficient (Wildman–Crippen LogP) is 3.45. The number of nitrogens with one attached hydrogen (secondary N) is 2. The number of amides is 2. The number of anilines is 1. The zero-order valence-corrected chi connectivity index (χ0v) is 15.4. The van der Waals surface area contributed by atoms with Crippen LogP contribution >= 0.6 is 0 Å². The molecule has 0 radical (unpaired) electrons. The van der Waals surface area contributed by atoms with E-state index in [4.69, 9.17) is 0 Å². The molecule has 3 N–H and O–H groups in total. The van der Waals surface area contributed by atoms with Gasteiger partial charge in [-0.05, 0) is 57.0 Å². The normalized spacial score (nSPS) is 11.2. The topological polar surface area (TPSA) is 90.8 Å². The van der Waals surface area contributed by atoms with Crippen LogP contribution in [0.2, 0.25) is 0 Å². The number of carbonyl (C=O) groups excluding carboxylic acids is 2. The fraction of sp³-hybridized carbons (Fsp3) is 0.250. The minimum Gasteiger partial charge on any atom is -0.508 e. The van der Waals surface area contributed by atoms with Crippen molar-refractivity contribution in [2.75, 3.05) is 5.32 Å². The van der Waals surface area contributed by atoms with E-state index in [1.54, 1.807) is 19.1 Å². The Kier molecular flexibility index (Phi) is 6.11. The zero-order chi connectivity index (χ0) is 19.3. The number of carbonyl (C=O) groups is 2. The van der Waals surface area contributed by atoms with Crippen molar-refractivity contribution in [2.24, 2.45) is 5.10 Å². The quantitative estimate of drug-likeness (QED) is 0.568. The number of hydrogen-bond donors (Lipinski definition) is 3. The van der Waals surface area contributed by atoms with Crippen LogP contribution in [0.4, 0.5) is 5.69 Å². The number of hydrazone groups is 1. The number of nitrogens with zero attached hydrogens (tertiary/aromatic N) is 1. The van der Waals surface area contributed by atoms with Crippen LogP contribution < -0.4 is 10.7 Å². The molecule has 2 rings (SSSR count). The van der Waals surface area contributed by atoms with Gasteiger partial charge in [0.15, 0.2) is 0 Å². The van der Waals surface area contributed by atoms with E-state index in [-0.39, 0.29) is 23.6 Å². The minimum atomic E-state index is -0.453. The molecule has 0 saturated heterocycles. The first-order valence-corrected chi connectivity index (χ1v) is 8.26. The van der Waals surface area contributed by atoms with Gasteiger partial charge in [-0.3, -0.25) is 9.59 Å². The van der Waals surface area contributed by atoms with Crippen LogP contribution in [0.5, 0.6) is 5.75 Å². The average molecular weight is 353 g/mol. The van der Waals surface area contributed by atoms with E-state index < -0.39 is 5.91 Å². The summed E-state index contributed by atoms with van der Waals surface area (Å²) in [5, 5.41) is 16.2. The van der Waals surface area contributed by atoms with Gasteiger partial charge in [-0.2, -0.15) is 5.10 Å². The minimum absolute atomic E-state index is 0.00145. The summed E-state index contributed by atoms with van der Waals surface area (Å²) in [6.45, 7) is 7.58. The van der Waals surface area contributed by atoms with E-state index in [1.807, 2.05) is 32.9 Å². The Balaban J connectivity index is 1.96. The second-order valence-electron chi connectivity index (χ2n) is 6.34. The number of aromatic hydroxyl groups is 1. The van der Waals surface area contributed by atoms with Crippen molar-refractivity contribution in [3.8, 4) is 5.75 Å². The summed E-state index contributed by atoms with van der Waals surface area (Å²) < 4.78 is 0. The molecule has 2 aromatic carbocycles. The number of rotatable bonds is 5. The van der Waals surface area contributed by atoms with Crippen LogP contribution in [0.1, 0.15) is 40.4 Å². The van der Waals surface area contributed by atoms with Crippen LogP contribution in [-0.2, 0) is 4.79 Å². The van der Waals surface area contributed by atoms with Gasteiger partial charge < -0.3 is 10.4 Å². The van der Waals surface area contributed by atoms with Gasteiger partial charge in [0.1, 0.15) is 5.75 Å². The van der Waals surface area contributed by atoms with Gasteiger partial charge in [0.25, 0.3) is 5.91 Å². The molecule has 6 nitrogen and oxygen atoms in total. The summed E-state index contributed by atoms with van der Waals surface area (Å²) in [6.07, 6.45) is 0.0626. The molecule has 6 heteroatoms. The highest BCUT2D eigenvalue weighted by molar-refractivity contribution is 6.06. The number of hydrogen-bond acceptors (Lipinski definition) is 4. The van der Waals surface area contributed by atoms with Gasteiger partial charge >= 0.3 is 0 Å². The Morgan fingerprint density at radius 2 is 1.73 bits per heavy atom. The monoisotopic (exact) mass is 353 g/mol. The zero-order valence-electron chi connectivity index (χ0n) is 15.4. The highest BCUT2D eigenvalue weighted by Crippen LogP contribution is 2.22. The SMILES string of the molecule is C/C(CC(=O)Nc1c(C)cc(C)cc1C)=N\NC(=O)c1cccc(O)c1. The molecule has 0 aromatic heterocycles. The molecule has 0 aliphatic carbocycles. The van der Waals surface area contributed by atoms with Crippen LogP contribution in [-0.4, -0.2) is 22.6 Å². The summed E-state index contributed by atoms with van der Waals surface area (Å²) in [6, 6.07) is 9.98. The van der Waals surface area contributed by atoms with Crippen molar-refractivity contribution in [1.82, 2.24) is 5.43 Å². The van der Waals surface area contributed by atoms with Gasteiger partial charge in [0, 0.05) is 17.0 Å². The molecule has 0 atom stereocenters. The van der Waals surface area contributed by atoms with Gasteiger partial charge in [0.2, 0.25) is 5.91 Å². The van der Waals surface area contributed by atoms with Crippen molar-refractivity contribution in [2.45, 2.75) is 34.1 Å². The molecule has 0 heterocycles. The molecule has 0 unspecified atom stereocenters. The van der Waals surface area contributed by atoms with Crippen molar-refractivity contribution >= 4 is 23.2 Å². The lowest BCUT2D eigenvalue weighted by atomic mass is 10.0. The Labute approximate surface area is 152 Å². The van der Waals surface area contributed by atoms with Crippen molar-refractivity contribution < 1.29 is 14.7 Å². The smallest absolute Gasteiger partial charge is 0.271 e. The first-order valence-electron chi connectivity index (χ1n) is 8.26. The number of benzene rings is 2. The lowest BCUT2D eigenvalue weighted by Gasteiger charge is -2.12. The van der Waals surface area contributed by atoms with Crippen LogP contribution in [0, 0.1) is 20.8 Å². The van der Waals surface area contributed by atoms with Gasteiger partial charge in [0.05, 0.1) is 6.42 Å². The molecule has 136 valence electrons. The summed E-state index contributed by atoms with van der Waals surface area (Å²) in [5.74, 6) is -0.652. The van der Waals surface area contributed by atoms with Crippen LogP contribution in [0.3, 0.4) is 0 Å². The number of aryl methyl sites for hydroxylation is 3. The molecule has 2 aromatic rings. The third-order valence-corrected chi connectivity index (χ3v) is 3.81. The Hall–Kier alpha value is -3.15. The van der Waals surface area contributed by atoms with E-state index in [1.165, 1.54) is 12.1 Å². The van der Waals surface area contributed by atoms with Gasteiger partial charge in [-0.15, -0.1) is 0 Å². The standard InChI is InChI=1S/C20H23N3O3/c1-12-8-13(2)19(14(3)9-12)21-18(25)10-15(4)22-23-20(26)16-6-5-7-17(24)11-16/h5-9,11,24H,10H2,1-4H3,(H,21,25)(H,23,26)/b22-15+. The Morgan fingerprint density at radius 3 is 2.35 bits per heavy atom. The van der Waals surface area contributed by atoms with E-state index in [0.717, 1.165) is 22.4 Å².